The zero-order valence-electron chi connectivity index (χ0n) is 17.0. The quantitative estimate of drug-likeness (QED) is 0.761. The minimum Gasteiger partial charge on any atom is -0.494 e. The molecule has 3 rings (SSSR count). The lowest BCUT2D eigenvalue weighted by Gasteiger charge is -2.23. The standard InChI is InChI=1S/C22H28FN3O2/c1-5-28-19-9-6-16(7-10-19)22(27)25(4)17-8-11-21(20(23)14-17)26-13-12-18(15-26)24(2)3/h6-11,14,18H,5,12-13,15H2,1-4H3. The highest BCUT2D eigenvalue weighted by Crippen LogP contribution is 2.29. The number of nitrogens with zero attached hydrogens (tertiary/aromatic N) is 3. The van der Waals surface area contributed by atoms with Crippen molar-refractivity contribution in [3.05, 3.63) is 53.8 Å². The molecular formula is C22H28FN3O2. The van der Waals surface area contributed by atoms with Crippen molar-refractivity contribution in [1.82, 2.24) is 4.90 Å². The number of amides is 1. The van der Waals surface area contributed by atoms with Crippen LogP contribution in [0.5, 0.6) is 5.75 Å². The number of rotatable bonds is 6. The fraction of sp³-hybridized carbons (Fsp3) is 0.409. The lowest BCUT2D eigenvalue weighted by Crippen LogP contribution is -2.31. The predicted molar refractivity (Wildman–Crippen MR) is 111 cm³/mol. The molecule has 1 fully saturated rings. The normalized spacial score (nSPS) is 16.5. The first-order chi connectivity index (χ1) is 13.4. The summed E-state index contributed by atoms with van der Waals surface area (Å²) in [5, 5.41) is 0. The molecule has 2 aromatic rings. The van der Waals surface area contributed by atoms with Crippen molar-refractivity contribution >= 4 is 17.3 Å². The van der Waals surface area contributed by atoms with E-state index in [9.17, 15) is 9.18 Å². The number of anilines is 2. The summed E-state index contributed by atoms with van der Waals surface area (Å²) in [5.41, 5.74) is 1.65. The Morgan fingerprint density at radius 1 is 1.18 bits per heavy atom. The zero-order valence-corrected chi connectivity index (χ0v) is 17.0. The van der Waals surface area contributed by atoms with E-state index >= 15 is 0 Å². The van der Waals surface area contributed by atoms with Crippen LogP contribution < -0.4 is 14.5 Å². The molecule has 1 atom stereocenters. The van der Waals surface area contributed by atoms with E-state index in [0.29, 0.717) is 29.6 Å². The lowest BCUT2D eigenvalue weighted by molar-refractivity contribution is 0.0993. The van der Waals surface area contributed by atoms with E-state index in [0.717, 1.165) is 25.3 Å². The van der Waals surface area contributed by atoms with Gasteiger partial charge < -0.3 is 19.4 Å². The summed E-state index contributed by atoms with van der Waals surface area (Å²) in [4.78, 5) is 18.4. The van der Waals surface area contributed by atoms with Crippen LogP contribution in [-0.4, -0.2) is 57.7 Å². The summed E-state index contributed by atoms with van der Waals surface area (Å²) in [7, 11) is 5.76. The minimum absolute atomic E-state index is 0.191. The Labute approximate surface area is 166 Å². The largest absolute Gasteiger partial charge is 0.494 e. The number of hydrogen-bond donors (Lipinski definition) is 0. The summed E-state index contributed by atoms with van der Waals surface area (Å²) >= 11 is 0. The summed E-state index contributed by atoms with van der Waals surface area (Å²) in [6, 6.07) is 12.4. The Bertz CT molecular complexity index is 823. The van der Waals surface area contributed by atoms with Gasteiger partial charge in [0.2, 0.25) is 0 Å². The van der Waals surface area contributed by atoms with Gasteiger partial charge in [-0.25, -0.2) is 4.39 Å². The van der Waals surface area contributed by atoms with Crippen LogP contribution in [-0.2, 0) is 0 Å². The van der Waals surface area contributed by atoms with Gasteiger partial charge >= 0.3 is 0 Å². The molecule has 5 nitrogen and oxygen atoms in total. The molecule has 2 aromatic carbocycles. The van der Waals surface area contributed by atoms with Crippen LogP contribution in [0.2, 0.25) is 0 Å². The van der Waals surface area contributed by atoms with Crippen LogP contribution in [0.3, 0.4) is 0 Å². The first-order valence-corrected chi connectivity index (χ1v) is 9.62. The van der Waals surface area contributed by atoms with E-state index in [2.05, 4.69) is 23.9 Å². The molecule has 0 aliphatic carbocycles. The number of carbonyl (C=O) groups is 1. The average molecular weight is 385 g/mol. The van der Waals surface area contributed by atoms with Crippen molar-refractivity contribution in [2.45, 2.75) is 19.4 Å². The molecule has 1 unspecified atom stereocenters. The number of likely N-dealkylation sites (N-methyl/N-ethyl adjacent to an activating group) is 1. The van der Waals surface area contributed by atoms with Gasteiger partial charge in [0.1, 0.15) is 11.6 Å². The maximum absolute atomic E-state index is 14.8. The molecule has 150 valence electrons. The zero-order chi connectivity index (χ0) is 20.3. The van der Waals surface area contributed by atoms with Crippen LogP contribution in [0, 0.1) is 5.82 Å². The number of ether oxygens (including phenoxy) is 1. The third kappa shape index (κ3) is 4.28. The van der Waals surface area contributed by atoms with E-state index < -0.39 is 0 Å². The maximum Gasteiger partial charge on any atom is 0.258 e. The highest BCUT2D eigenvalue weighted by molar-refractivity contribution is 6.05. The van der Waals surface area contributed by atoms with Gasteiger partial charge in [0.15, 0.2) is 0 Å². The van der Waals surface area contributed by atoms with Crippen LogP contribution in [0.25, 0.3) is 0 Å². The van der Waals surface area contributed by atoms with Gasteiger partial charge in [0, 0.05) is 37.4 Å². The van der Waals surface area contributed by atoms with Gasteiger partial charge in [0.05, 0.1) is 12.3 Å². The van der Waals surface area contributed by atoms with Gasteiger partial charge in [-0.05, 0) is 69.9 Å². The molecule has 1 amide bonds. The molecular weight excluding hydrogens is 357 g/mol. The molecule has 0 spiro atoms. The van der Waals surface area contributed by atoms with Crippen molar-refractivity contribution in [2.24, 2.45) is 0 Å². The lowest BCUT2D eigenvalue weighted by atomic mass is 10.1. The van der Waals surface area contributed by atoms with Crippen LogP contribution >= 0.6 is 0 Å². The second-order valence-corrected chi connectivity index (χ2v) is 7.31. The fourth-order valence-corrected chi connectivity index (χ4v) is 3.51. The SMILES string of the molecule is CCOc1ccc(C(=O)N(C)c2ccc(N3CCC(N(C)C)C3)c(F)c2)cc1. The van der Waals surface area contributed by atoms with Crippen molar-refractivity contribution in [1.29, 1.82) is 0 Å². The predicted octanol–water partition coefficient (Wildman–Crippen LogP) is 3.64. The van der Waals surface area contributed by atoms with E-state index in [1.165, 1.54) is 11.0 Å². The number of benzene rings is 2. The Kier molecular flexibility index (Phi) is 6.19. The van der Waals surface area contributed by atoms with Crippen LogP contribution in [0.1, 0.15) is 23.7 Å². The molecule has 0 saturated carbocycles. The summed E-state index contributed by atoms with van der Waals surface area (Å²) in [5.74, 6) is 0.228. The highest BCUT2D eigenvalue weighted by Gasteiger charge is 2.26. The molecule has 0 aromatic heterocycles. The third-order valence-corrected chi connectivity index (χ3v) is 5.27. The van der Waals surface area contributed by atoms with Crippen LogP contribution in [0.15, 0.2) is 42.5 Å². The molecule has 28 heavy (non-hydrogen) atoms. The van der Waals surface area contributed by atoms with Gasteiger partial charge in [0.25, 0.3) is 5.91 Å². The molecule has 1 heterocycles. The number of carbonyl (C=O) groups excluding carboxylic acids is 1. The summed E-state index contributed by atoms with van der Waals surface area (Å²) in [6.45, 7) is 4.13. The Hall–Kier alpha value is -2.60. The minimum atomic E-state index is -0.303. The molecule has 1 saturated heterocycles. The van der Waals surface area contributed by atoms with Crippen molar-refractivity contribution in [3.8, 4) is 5.75 Å². The monoisotopic (exact) mass is 385 g/mol. The number of halogens is 1. The smallest absolute Gasteiger partial charge is 0.258 e. The molecule has 6 heteroatoms. The van der Waals surface area contributed by atoms with Gasteiger partial charge in [-0.3, -0.25) is 4.79 Å². The summed E-state index contributed by atoms with van der Waals surface area (Å²) in [6.07, 6.45) is 1.02. The van der Waals surface area contributed by atoms with Crippen molar-refractivity contribution in [2.75, 3.05) is 50.6 Å². The molecule has 0 radical (unpaired) electrons. The van der Waals surface area contributed by atoms with Gasteiger partial charge in [-0.2, -0.15) is 0 Å². The second kappa shape index (κ2) is 8.61. The Balaban J connectivity index is 1.73. The molecule has 1 aliphatic rings. The molecule has 0 bridgehead atoms. The first kappa shape index (κ1) is 20.1. The average Bonchev–Trinajstić information content (AvgIpc) is 3.18. The highest BCUT2D eigenvalue weighted by atomic mass is 19.1. The number of hydrogen-bond acceptors (Lipinski definition) is 4. The molecule has 0 N–H and O–H groups in total. The van der Waals surface area contributed by atoms with Crippen LogP contribution in [0.4, 0.5) is 15.8 Å². The van der Waals surface area contributed by atoms with E-state index in [-0.39, 0.29) is 11.7 Å². The first-order valence-electron chi connectivity index (χ1n) is 9.62. The fourth-order valence-electron chi connectivity index (χ4n) is 3.51. The van der Waals surface area contributed by atoms with E-state index in [1.807, 2.05) is 6.92 Å². The van der Waals surface area contributed by atoms with Crippen molar-refractivity contribution in [3.63, 3.8) is 0 Å². The second-order valence-electron chi connectivity index (χ2n) is 7.31. The topological polar surface area (TPSA) is 36.0 Å². The van der Waals surface area contributed by atoms with E-state index in [1.54, 1.807) is 43.4 Å². The molecule has 1 aliphatic heterocycles. The van der Waals surface area contributed by atoms with Gasteiger partial charge in [-0.15, -0.1) is 0 Å². The maximum atomic E-state index is 14.8. The Morgan fingerprint density at radius 3 is 2.46 bits per heavy atom. The van der Waals surface area contributed by atoms with E-state index in [4.69, 9.17) is 4.74 Å². The van der Waals surface area contributed by atoms with Crippen molar-refractivity contribution < 1.29 is 13.9 Å². The Morgan fingerprint density at radius 2 is 1.89 bits per heavy atom. The third-order valence-electron chi connectivity index (χ3n) is 5.27. The summed E-state index contributed by atoms with van der Waals surface area (Å²) < 4.78 is 20.2. The van der Waals surface area contributed by atoms with Gasteiger partial charge in [-0.1, -0.05) is 0 Å².